The molecular weight excluding hydrogens is 399 g/mol. The number of carbonyl (C=O) groups is 1. The van der Waals surface area contributed by atoms with Crippen molar-refractivity contribution in [3.8, 4) is 5.75 Å². The molecular formula is C18H16F3NO5S. The summed E-state index contributed by atoms with van der Waals surface area (Å²) in [5.74, 6) is -1.38. The number of halogens is 3. The predicted molar refractivity (Wildman–Crippen MR) is 96.2 cm³/mol. The summed E-state index contributed by atoms with van der Waals surface area (Å²) < 4.78 is 73.1. The predicted octanol–water partition coefficient (Wildman–Crippen LogP) is 3.88. The van der Waals surface area contributed by atoms with Gasteiger partial charge in [-0.3, -0.25) is 4.72 Å². The van der Waals surface area contributed by atoms with Gasteiger partial charge in [-0.1, -0.05) is 17.7 Å². The van der Waals surface area contributed by atoms with Crippen LogP contribution in [0.15, 0.2) is 53.4 Å². The Bertz CT molecular complexity index is 983. The van der Waals surface area contributed by atoms with E-state index in [1.54, 1.807) is 19.1 Å². The van der Waals surface area contributed by atoms with Crippen molar-refractivity contribution in [2.24, 2.45) is 0 Å². The van der Waals surface area contributed by atoms with E-state index in [1.807, 2.05) is 0 Å². The molecule has 0 radical (unpaired) electrons. The highest BCUT2D eigenvalue weighted by Crippen LogP contribution is 2.29. The van der Waals surface area contributed by atoms with E-state index in [0.717, 1.165) is 30.9 Å². The number of anilines is 1. The molecule has 0 aliphatic heterocycles. The molecule has 0 aromatic heterocycles. The average molecular weight is 415 g/mol. The molecule has 0 atom stereocenters. The second-order valence-electron chi connectivity index (χ2n) is 5.61. The van der Waals surface area contributed by atoms with E-state index < -0.39 is 28.1 Å². The molecule has 0 bridgehead atoms. The summed E-state index contributed by atoms with van der Waals surface area (Å²) in [5, 5.41) is 0. The summed E-state index contributed by atoms with van der Waals surface area (Å²) in [6.07, 6.45) is -2.83. The zero-order chi connectivity index (χ0) is 20.9. The third-order valence-electron chi connectivity index (χ3n) is 3.36. The summed E-state index contributed by atoms with van der Waals surface area (Å²) >= 11 is 0. The molecule has 1 N–H and O–H groups in total. The fourth-order valence-corrected chi connectivity index (χ4v) is 3.17. The van der Waals surface area contributed by atoms with Gasteiger partial charge in [0.1, 0.15) is 5.75 Å². The molecule has 6 nitrogen and oxygen atoms in total. The van der Waals surface area contributed by atoms with Crippen molar-refractivity contribution in [3.63, 3.8) is 0 Å². The first kappa shape index (κ1) is 21.3. The van der Waals surface area contributed by atoms with Crippen LogP contribution in [-0.4, -0.2) is 27.9 Å². The zero-order valence-corrected chi connectivity index (χ0v) is 15.6. The third kappa shape index (κ3) is 6.31. The van der Waals surface area contributed by atoms with E-state index >= 15 is 0 Å². The molecule has 0 amide bonds. The van der Waals surface area contributed by atoms with Gasteiger partial charge in [-0.05, 0) is 42.8 Å². The molecule has 0 unspecified atom stereocenters. The standard InChI is InChI=1S/C18H16F3NO5S/c1-12-3-6-16(7-4-12)28(24,25)22-14-9-13(5-8-17(23)26-2)10-15(11-14)27-18(19,20)21/h3-11,22H,1-2H3/b8-5+. The average Bonchev–Trinajstić information content (AvgIpc) is 2.58. The number of benzene rings is 2. The van der Waals surface area contributed by atoms with Gasteiger partial charge in [0.25, 0.3) is 10.0 Å². The molecule has 0 fully saturated rings. The SMILES string of the molecule is COC(=O)/C=C/c1cc(NS(=O)(=O)c2ccc(C)cc2)cc(OC(F)(F)F)c1. The number of methoxy groups -OCH3 is 1. The van der Waals surface area contributed by atoms with Gasteiger partial charge in [-0.15, -0.1) is 13.2 Å². The summed E-state index contributed by atoms with van der Waals surface area (Å²) in [7, 11) is -2.91. The first-order chi connectivity index (χ1) is 13.0. The lowest BCUT2D eigenvalue weighted by Crippen LogP contribution is -2.18. The molecule has 2 aromatic rings. The maximum Gasteiger partial charge on any atom is 0.573 e. The number of carbonyl (C=O) groups excluding carboxylic acids is 1. The number of rotatable bonds is 6. The second kappa shape index (κ2) is 8.34. The lowest BCUT2D eigenvalue weighted by atomic mass is 10.2. The Morgan fingerprint density at radius 3 is 2.32 bits per heavy atom. The van der Waals surface area contributed by atoms with Crippen molar-refractivity contribution in [3.05, 3.63) is 59.7 Å². The summed E-state index contributed by atoms with van der Waals surface area (Å²) in [6.45, 7) is 1.78. The number of nitrogens with one attached hydrogen (secondary N) is 1. The summed E-state index contributed by atoms with van der Waals surface area (Å²) in [5.41, 5.74) is 0.760. The van der Waals surface area contributed by atoms with Gasteiger partial charge < -0.3 is 9.47 Å². The first-order valence-corrected chi connectivity index (χ1v) is 9.23. The van der Waals surface area contributed by atoms with E-state index in [4.69, 9.17) is 0 Å². The molecule has 150 valence electrons. The zero-order valence-electron chi connectivity index (χ0n) is 14.8. The van der Waals surface area contributed by atoms with Crippen LogP contribution in [0.25, 0.3) is 6.08 Å². The quantitative estimate of drug-likeness (QED) is 0.572. The Morgan fingerprint density at radius 2 is 1.75 bits per heavy atom. The summed E-state index contributed by atoms with van der Waals surface area (Å²) in [4.78, 5) is 11.1. The lowest BCUT2D eigenvalue weighted by molar-refractivity contribution is -0.274. The molecule has 0 aliphatic rings. The molecule has 0 spiro atoms. The Labute approximate surface area is 159 Å². The Balaban J connectivity index is 2.40. The maximum absolute atomic E-state index is 12.6. The fourth-order valence-electron chi connectivity index (χ4n) is 2.13. The number of aryl methyl sites for hydroxylation is 1. The Hall–Kier alpha value is -3.01. The van der Waals surface area contributed by atoms with Gasteiger partial charge >= 0.3 is 12.3 Å². The maximum atomic E-state index is 12.6. The molecule has 0 aliphatic carbocycles. The number of ether oxygens (including phenoxy) is 2. The van der Waals surface area contributed by atoms with Crippen molar-refractivity contribution in [2.75, 3.05) is 11.8 Å². The van der Waals surface area contributed by atoms with Crippen molar-refractivity contribution < 1.29 is 35.9 Å². The van der Waals surface area contributed by atoms with Crippen LogP contribution in [0.4, 0.5) is 18.9 Å². The molecule has 2 rings (SSSR count). The molecule has 28 heavy (non-hydrogen) atoms. The van der Waals surface area contributed by atoms with Gasteiger partial charge in [0.2, 0.25) is 0 Å². The van der Waals surface area contributed by atoms with Crippen LogP contribution in [0.5, 0.6) is 5.75 Å². The summed E-state index contributed by atoms with van der Waals surface area (Å²) in [6, 6.07) is 9.03. The monoisotopic (exact) mass is 415 g/mol. The highest BCUT2D eigenvalue weighted by molar-refractivity contribution is 7.92. The van der Waals surface area contributed by atoms with Crippen LogP contribution in [0.2, 0.25) is 0 Å². The topological polar surface area (TPSA) is 81.7 Å². The van der Waals surface area contributed by atoms with Crippen LogP contribution in [0.3, 0.4) is 0 Å². The highest BCUT2D eigenvalue weighted by atomic mass is 32.2. The van der Waals surface area contributed by atoms with Crippen LogP contribution in [-0.2, 0) is 19.6 Å². The Morgan fingerprint density at radius 1 is 1.11 bits per heavy atom. The minimum absolute atomic E-state index is 0.0631. The number of hydrogen-bond acceptors (Lipinski definition) is 5. The second-order valence-corrected chi connectivity index (χ2v) is 7.30. The fraction of sp³-hybridized carbons (Fsp3) is 0.167. The minimum atomic E-state index is -4.97. The molecule has 0 saturated carbocycles. The third-order valence-corrected chi connectivity index (χ3v) is 4.76. The smallest absolute Gasteiger partial charge is 0.466 e. The Kier molecular flexibility index (Phi) is 6.34. The minimum Gasteiger partial charge on any atom is -0.466 e. The highest BCUT2D eigenvalue weighted by Gasteiger charge is 2.31. The normalized spacial score (nSPS) is 12.0. The van der Waals surface area contributed by atoms with E-state index in [1.165, 1.54) is 24.3 Å². The largest absolute Gasteiger partial charge is 0.573 e. The van der Waals surface area contributed by atoms with Gasteiger partial charge in [0, 0.05) is 12.1 Å². The van der Waals surface area contributed by atoms with Crippen LogP contribution in [0, 0.1) is 6.92 Å². The van der Waals surface area contributed by atoms with E-state index in [-0.39, 0.29) is 16.1 Å². The number of sulfonamides is 1. The molecule has 10 heteroatoms. The van der Waals surface area contributed by atoms with Crippen LogP contribution < -0.4 is 9.46 Å². The molecule has 0 heterocycles. The van der Waals surface area contributed by atoms with Crippen LogP contribution >= 0.6 is 0 Å². The van der Waals surface area contributed by atoms with E-state index in [0.29, 0.717) is 0 Å². The van der Waals surface area contributed by atoms with Gasteiger partial charge in [-0.25, -0.2) is 13.2 Å². The van der Waals surface area contributed by atoms with Crippen LogP contribution in [0.1, 0.15) is 11.1 Å². The number of alkyl halides is 3. The van der Waals surface area contributed by atoms with Gasteiger partial charge in [-0.2, -0.15) is 0 Å². The lowest BCUT2D eigenvalue weighted by Gasteiger charge is -2.13. The molecule has 0 saturated heterocycles. The van der Waals surface area contributed by atoms with Gasteiger partial charge in [0.15, 0.2) is 0 Å². The van der Waals surface area contributed by atoms with Crippen molar-refractivity contribution in [1.82, 2.24) is 0 Å². The van der Waals surface area contributed by atoms with E-state index in [2.05, 4.69) is 14.2 Å². The van der Waals surface area contributed by atoms with Crippen molar-refractivity contribution in [2.45, 2.75) is 18.2 Å². The number of esters is 1. The molecule has 2 aromatic carbocycles. The van der Waals surface area contributed by atoms with Crippen molar-refractivity contribution in [1.29, 1.82) is 0 Å². The van der Waals surface area contributed by atoms with Crippen molar-refractivity contribution >= 4 is 27.8 Å². The van der Waals surface area contributed by atoms with E-state index in [9.17, 15) is 26.4 Å². The number of hydrogen-bond donors (Lipinski definition) is 1. The first-order valence-electron chi connectivity index (χ1n) is 7.75. The van der Waals surface area contributed by atoms with Gasteiger partial charge in [0.05, 0.1) is 17.7 Å².